The van der Waals surface area contributed by atoms with E-state index >= 15 is 0 Å². The van der Waals surface area contributed by atoms with Gasteiger partial charge in [0.15, 0.2) is 0 Å². The number of urea groups is 1. The molecule has 1 fully saturated rings. The highest BCUT2D eigenvalue weighted by molar-refractivity contribution is 5.77. The van der Waals surface area contributed by atoms with E-state index in [-0.39, 0.29) is 24.0 Å². The van der Waals surface area contributed by atoms with Crippen molar-refractivity contribution in [2.45, 2.75) is 25.6 Å². The maximum Gasteiger partial charge on any atom is 0.416 e. The van der Waals surface area contributed by atoms with Crippen LogP contribution in [0.4, 0.5) is 18.0 Å². The van der Waals surface area contributed by atoms with Crippen molar-refractivity contribution >= 4 is 17.1 Å². The van der Waals surface area contributed by atoms with Crippen LogP contribution < -0.4 is 5.32 Å². The molecule has 0 bridgehead atoms. The van der Waals surface area contributed by atoms with Gasteiger partial charge in [-0.15, -0.1) is 0 Å². The second-order valence-electron chi connectivity index (χ2n) is 6.36. The van der Waals surface area contributed by atoms with E-state index in [4.69, 9.17) is 5.26 Å². The first-order valence-electron chi connectivity index (χ1n) is 8.24. The van der Waals surface area contributed by atoms with Gasteiger partial charge in [-0.1, -0.05) is 0 Å². The Morgan fingerprint density at radius 2 is 2.23 bits per heavy atom. The highest BCUT2D eigenvalue weighted by atomic mass is 19.4. The summed E-state index contributed by atoms with van der Waals surface area (Å²) in [6, 6.07) is 5.27. The molecule has 0 radical (unpaired) electrons. The van der Waals surface area contributed by atoms with Crippen LogP contribution in [0.25, 0.3) is 11.0 Å². The SMILES string of the molecule is Cn1c(CNC(=O)N2CCC[C@@H](C#N)C2)nc2cc(C(F)(F)F)ccc21. The monoisotopic (exact) mass is 365 g/mol. The Labute approximate surface area is 148 Å². The molecule has 1 aliphatic rings. The molecule has 0 spiro atoms. The number of aryl methyl sites for hydroxylation is 1. The summed E-state index contributed by atoms with van der Waals surface area (Å²) >= 11 is 0. The number of hydrogen-bond donors (Lipinski definition) is 1. The summed E-state index contributed by atoms with van der Waals surface area (Å²) in [5.41, 5.74) is 0.0356. The van der Waals surface area contributed by atoms with Crippen molar-refractivity contribution in [2.75, 3.05) is 13.1 Å². The van der Waals surface area contributed by atoms with Crippen LogP contribution in [0, 0.1) is 17.2 Å². The normalized spacial score (nSPS) is 18.0. The number of likely N-dealkylation sites (tertiary alicyclic amines) is 1. The largest absolute Gasteiger partial charge is 0.416 e. The fourth-order valence-electron chi connectivity index (χ4n) is 3.12. The van der Waals surface area contributed by atoms with Crippen molar-refractivity contribution in [1.29, 1.82) is 5.26 Å². The summed E-state index contributed by atoms with van der Waals surface area (Å²) in [7, 11) is 1.69. The number of aromatic nitrogens is 2. The van der Waals surface area contributed by atoms with Crippen molar-refractivity contribution in [3.05, 3.63) is 29.6 Å². The number of imidazole rings is 1. The molecule has 1 aliphatic heterocycles. The Hall–Kier alpha value is -2.76. The van der Waals surface area contributed by atoms with E-state index in [1.165, 1.54) is 6.07 Å². The lowest BCUT2D eigenvalue weighted by molar-refractivity contribution is -0.137. The minimum atomic E-state index is -4.42. The van der Waals surface area contributed by atoms with Gasteiger partial charge >= 0.3 is 12.2 Å². The number of fused-ring (bicyclic) bond motifs is 1. The van der Waals surface area contributed by atoms with Crippen molar-refractivity contribution in [1.82, 2.24) is 19.8 Å². The third kappa shape index (κ3) is 3.59. The maximum absolute atomic E-state index is 12.8. The number of hydrogen-bond acceptors (Lipinski definition) is 3. The standard InChI is InChI=1S/C17H18F3N5O/c1-24-14-5-4-12(17(18,19)20)7-13(14)23-15(24)9-22-16(26)25-6-2-3-11(8-21)10-25/h4-5,7,11H,2-3,6,9-10H2,1H3,(H,22,26)/t11-/m0/s1. The van der Waals surface area contributed by atoms with Gasteiger partial charge in [0.1, 0.15) is 5.82 Å². The number of nitriles is 1. The van der Waals surface area contributed by atoms with E-state index in [0.717, 1.165) is 25.0 Å². The van der Waals surface area contributed by atoms with Crippen molar-refractivity contribution in [2.24, 2.45) is 13.0 Å². The van der Waals surface area contributed by atoms with Crippen LogP contribution in [-0.4, -0.2) is 33.6 Å². The number of amides is 2. The summed E-state index contributed by atoms with van der Waals surface area (Å²) in [5, 5.41) is 11.7. The Morgan fingerprint density at radius 1 is 1.46 bits per heavy atom. The predicted molar refractivity (Wildman–Crippen MR) is 87.9 cm³/mol. The van der Waals surface area contributed by atoms with Crippen LogP contribution in [0.5, 0.6) is 0 Å². The summed E-state index contributed by atoms with van der Waals surface area (Å²) in [6.45, 7) is 1.07. The number of nitrogens with zero attached hydrogens (tertiary/aromatic N) is 4. The smallest absolute Gasteiger partial charge is 0.331 e. The van der Waals surface area contributed by atoms with E-state index in [2.05, 4.69) is 16.4 Å². The molecule has 1 aromatic heterocycles. The zero-order chi connectivity index (χ0) is 18.9. The molecule has 1 aromatic carbocycles. The molecular formula is C17H18F3N5O. The number of piperidine rings is 1. The van der Waals surface area contributed by atoms with Gasteiger partial charge in [0, 0.05) is 20.1 Å². The molecule has 2 heterocycles. The molecule has 0 saturated carbocycles. The van der Waals surface area contributed by atoms with Crippen molar-refractivity contribution in [3.63, 3.8) is 0 Å². The van der Waals surface area contributed by atoms with Crippen molar-refractivity contribution in [3.8, 4) is 6.07 Å². The van der Waals surface area contributed by atoms with Gasteiger partial charge in [-0.25, -0.2) is 9.78 Å². The number of benzene rings is 1. The molecule has 1 atom stereocenters. The van der Waals surface area contributed by atoms with E-state index in [9.17, 15) is 18.0 Å². The molecule has 0 unspecified atom stereocenters. The molecule has 3 rings (SSSR count). The Kier molecular flexibility index (Phi) is 4.76. The first kappa shape index (κ1) is 18.0. The number of carbonyl (C=O) groups is 1. The van der Waals surface area contributed by atoms with Gasteiger partial charge < -0.3 is 14.8 Å². The average Bonchev–Trinajstić information content (AvgIpc) is 2.94. The van der Waals surface area contributed by atoms with E-state index in [1.807, 2.05) is 0 Å². The van der Waals surface area contributed by atoms with Gasteiger partial charge in [-0.2, -0.15) is 18.4 Å². The summed E-state index contributed by atoms with van der Waals surface area (Å²) in [4.78, 5) is 18.1. The number of alkyl halides is 3. The lowest BCUT2D eigenvalue weighted by Crippen LogP contribution is -2.45. The summed E-state index contributed by atoms with van der Waals surface area (Å²) in [5.74, 6) is 0.299. The second-order valence-corrected chi connectivity index (χ2v) is 6.36. The lowest BCUT2D eigenvalue weighted by atomic mass is 10.0. The first-order chi connectivity index (χ1) is 12.3. The first-order valence-corrected chi connectivity index (χ1v) is 8.24. The van der Waals surface area contributed by atoms with Gasteiger partial charge in [-0.05, 0) is 31.0 Å². The van der Waals surface area contributed by atoms with Crippen LogP contribution in [0.3, 0.4) is 0 Å². The predicted octanol–water partition coefficient (Wildman–Crippen LogP) is 3.04. The minimum Gasteiger partial charge on any atom is -0.331 e. The topological polar surface area (TPSA) is 74.0 Å². The third-order valence-corrected chi connectivity index (χ3v) is 4.59. The fraction of sp³-hybridized carbons (Fsp3) is 0.471. The van der Waals surface area contributed by atoms with Crippen LogP contribution >= 0.6 is 0 Å². The van der Waals surface area contributed by atoms with Crippen LogP contribution in [-0.2, 0) is 19.8 Å². The molecule has 1 N–H and O–H groups in total. The van der Waals surface area contributed by atoms with E-state index < -0.39 is 11.7 Å². The van der Waals surface area contributed by atoms with Crippen LogP contribution in [0.2, 0.25) is 0 Å². The number of halogens is 3. The van der Waals surface area contributed by atoms with Gasteiger partial charge in [0.05, 0.1) is 35.1 Å². The highest BCUT2D eigenvalue weighted by Gasteiger charge is 2.31. The summed E-state index contributed by atoms with van der Waals surface area (Å²) in [6.07, 6.45) is -2.86. The lowest BCUT2D eigenvalue weighted by Gasteiger charge is -2.29. The maximum atomic E-state index is 12.8. The fourth-order valence-corrected chi connectivity index (χ4v) is 3.12. The molecule has 138 valence electrons. The molecule has 9 heteroatoms. The Bertz CT molecular complexity index is 868. The molecule has 6 nitrogen and oxygen atoms in total. The Balaban J connectivity index is 1.72. The quantitative estimate of drug-likeness (QED) is 0.889. The van der Waals surface area contributed by atoms with E-state index in [0.29, 0.717) is 24.4 Å². The van der Waals surface area contributed by atoms with Gasteiger partial charge in [0.25, 0.3) is 0 Å². The molecule has 2 aromatic rings. The average molecular weight is 365 g/mol. The minimum absolute atomic E-state index is 0.0963. The van der Waals surface area contributed by atoms with Crippen LogP contribution in [0.15, 0.2) is 18.2 Å². The third-order valence-electron chi connectivity index (χ3n) is 4.59. The zero-order valence-corrected chi connectivity index (χ0v) is 14.2. The molecule has 1 saturated heterocycles. The van der Waals surface area contributed by atoms with Crippen molar-refractivity contribution < 1.29 is 18.0 Å². The van der Waals surface area contributed by atoms with Gasteiger partial charge in [-0.3, -0.25) is 0 Å². The number of rotatable bonds is 2. The number of nitrogens with one attached hydrogen (secondary N) is 1. The number of carbonyl (C=O) groups excluding carboxylic acids is 1. The molecular weight excluding hydrogens is 347 g/mol. The highest BCUT2D eigenvalue weighted by Crippen LogP contribution is 2.31. The molecule has 0 aliphatic carbocycles. The van der Waals surface area contributed by atoms with E-state index in [1.54, 1.807) is 16.5 Å². The van der Waals surface area contributed by atoms with Gasteiger partial charge in [0.2, 0.25) is 0 Å². The second kappa shape index (κ2) is 6.86. The zero-order valence-electron chi connectivity index (χ0n) is 14.2. The summed E-state index contributed by atoms with van der Waals surface area (Å²) < 4.78 is 40.1. The Morgan fingerprint density at radius 3 is 2.92 bits per heavy atom. The van der Waals surface area contributed by atoms with Crippen LogP contribution in [0.1, 0.15) is 24.2 Å². The molecule has 2 amide bonds. The molecule has 26 heavy (non-hydrogen) atoms.